The van der Waals surface area contributed by atoms with Crippen molar-refractivity contribution in [3.63, 3.8) is 0 Å². The van der Waals surface area contributed by atoms with Crippen LogP contribution >= 0.6 is 11.8 Å². The molecular formula is C20H29N5OS. The molecule has 1 aromatic heterocycles. The Morgan fingerprint density at radius 1 is 1.19 bits per heavy atom. The van der Waals surface area contributed by atoms with Gasteiger partial charge in [-0.1, -0.05) is 37.2 Å². The van der Waals surface area contributed by atoms with Gasteiger partial charge in [0.1, 0.15) is 0 Å². The van der Waals surface area contributed by atoms with Gasteiger partial charge in [-0.05, 0) is 74.1 Å². The minimum Gasteiger partial charge on any atom is -0.337 e. The molecule has 1 aromatic carbocycles. The van der Waals surface area contributed by atoms with E-state index < -0.39 is 0 Å². The number of benzene rings is 1. The van der Waals surface area contributed by atoms with Crippen LogP contribution in [0.3, 0.4) is 0 Å². The van der Waals surface area contributed by atoms with E-state index in [0.29, 0.717) is 23.0 Å². The van der Waals surface area contributed by atoms with Gasteiger partial charge in [-0.2, -0.15) is 4.68 Å². The van der Waals surface area contributed by atoms with Crippen molar-refractivity contribution < 1.29 is 4.79 Å². The molecule has 1 amide bonds. The normalized spacial score (nSPS) is 20.0. The van der Waals surface area contributed by atoms with Crippen molar-refractivity contribution in [3.05, 3.63) is 29.8 Å². The number of aromatic nitrogens is 4. The molecule has 3 rings (SSSR count). The quantitative estimate of drug-likeness (QED) is 0.675. The summed E-state index contributed by atoms with van der Waals surface area (Å²) in [6.07, 6.45) is 6.85. The number of carbonyl (C=O) groups excluding carboxylic acids is 1. The van der Waals surface area contributed by atoms with Crippen LogP contribution in [0.25, 0.3) is 5.69 Å². The van der Waals surface area contributed by atoms with Crippen molar-refractivity contribution >= 4 is 17.7 Å². The van der Waals surface area contributed by atoms with Crippen LogP contribution in [0, 0.1) is 0 Å². The Hall–Kier alpha value is -1.89. The van der Waals surface area contributed by atoms with E-state index in [-0.39, 0.29) is 5.91 Å². The lowest BCUT2D eigenvalue weighted by molar-refractivity contribution is -0.134. The number of rotatable bonds is 7. The second kappa shape index (κ2) is 9.35. The Bertz CT molecular complexity index is 735. The van der Waals surface area contributed by atoms with Gasteiger partial charge in [0.15, 0.2) is 0 Å². The molecule has 0 spiro atoms. The van der Waals surface area contributed by atoms with E-state index >= 15 is 0 Å². The molecule has 0 radical (unpaired) electrons. The highest BCUT2D eigenvalue weighted by atomic mass is 32.2. The van der Waals surface area contributed by atoms with Gasteiger partial charge in [0.05, 0.1) is 11.4 Å². The molecule has 0 aliphatic carbocycles. The Kier molecular flexibility index (Phi) is 6.88. The van der Waals surface area contributed by atoms with Gasteiger partial charge in [-0.15, -0.1) is 5.10 Å². The first-order valence-electron chi connectivity index (χ1n) is 9.91. The minimum absolute atomic E-state index is 0.171. The van der Waals surface area contributed by atoms with Crippen LogP contribution in [0.15, 0.2) is 29.4 Å². The summed E-state index contributed by atoms with van der Waals surface area (Å²) in [4.78, 5) is 14.8. The van der Waals surface area contributed by atoms with E-state index in [9.17, 15) is 4.79 Å². The maximum atomic E-state index is 12.7. The van der Waals surface area contributed by atoms with E-state index in [1.807, 2.05) is 17.0 Å². The molecule has 0 saturated carbocycles. The highest BCUT2D eigenvalue weighted by molar-refractivity contribution is 7.99. The molecule has 6 nitrogen and oxygen atoms in total. The molecule has 2 aromatic rings. The lowest BCUT2D eigenvalue weighted by Gasteiger charge is -2.39. The number of piperidine rings is 1. The molecular weight excluding hydrogens is 358 g/mol. The fourth-order valence-corrected chi connectivity index (χ4v) is 4.49. The largest absolute Gasteiger partial charge is 0.337 e. The first-order chi connectivity index (χ1) is 13.1. The number of nitrogens with zero attached hydrogens (tertiary/aromatic N) is 5. The average molecular weight is 388 g/mol. The van der Waals surface area contributed by atoms with Crippen molar-refractivity contribution in [2.24, 2.45) is 0 Å². The summed E-state index contributed by atoms with van der Waals surface area (Å²) in [6, 6.07) is 8.97. The summed E-state index contributed by atoms with van der Waals surface area (Å²) in [5.74, 6) is 0.535. The Morgan fingerprint density at radius 3 is 2.56 bits per heavy atom. The van der Waals surface area contributed by atoms with Gasteiger partial charge in [0, 0.05) is 12.1 Å². The number of carbonyl (C=O) groups is 1. The molecule has 0 N–H and O–H groups in total. The third-order valence-corrected chi connectivity index (χ3v) is 6.15. The molecule has 1 aliphatic heterocycles. The number of thioether (sulfide) groups is 1. The SMILES string of the molecule is CCCCc1ccc(-n2nnnc2SCC(=O)N2C(C)CCCC2C)cc1. The van der Waals surface area contributed by atoms with Crippen molar-refractivity contribution in [2.75, 3.05) is 5.75 Å². The molecule has 1 fully saturated rings. The van der Waals surface area contributed by atoms with Crippen molar-refractivity contribution in [1.29, 1.82) is 0 Å². The third kappa shape index (κ3) is 4.89. The van der Waals surface area contributed by atoms with Crippen LogP contribution in [0.2, 0.25) is 0 Å². The van der Waals surface area contributed by atoms with Crippen molar-refractivity contribution in [3.8, 4) is 5.69 Å². The number of aryl methyl sites for hydroxylation is 1. The molecule has 1 saturated heterocycles. The Morgan fingerprint density at radius 2 is 1.89 bits per heavy atom. The molecule has 2 atom stereocenters. The summed E-state index contributed by atoms with van der Waals surface area (Å²) in [6.45, 7) is 6.48. The van der Waals surface area contributed by atoms with Crippen LogP contribution in [0.5, 0.6) is 0 Å². The molecule has 0 bridgehead atoms. The standard InChI is InChI=1S/C20H29N5OS/c1-4-5-9-17-10-12-18(13-11-17)25-20(21-22-23-25)27-14-19(26)24-15(2)7-6-8-16(24)3/h10-13,15-16H,4-9,14H2,1-3H3. The molecule has 7 heteroatoms. The van der Waals surface area contributed by atoms with Gasteiger partial charge in [0.25, 0.3) is 0 Å². The predicted molar refractivity (Wildman–Crippen MR) is 108 cm³/mol. The number of unbranched alkanes of at least 4 members (excludes halogenated alkanes) is 1. The summed E-state index contributed by atoms with van der Waals surface area (Å²) in [7, 11) is 0. The van der Waals surface area contributed by atoms with Gasteiger partial charge >= 0.3 is 0 Å². The Balaban J connectivity index is 1.64. The molecule has 2 heterocycles. The van der Waals surface area contributed by atoms with Gasteiger partial charge in [0.2, 0.25) is 11.1 Å². The van der Waals surface area contributed by atoms with Gasteiger partial charge in [-0.3, -0.25) is 4.79 Å². The Labute approximate surface area is 165 Å². The zero-order chi connectivity index (χ0) is 19.2. The second-order valence-electron chi connectivity index (χ2n) is 7.36. The van der Waals surface area contributed by atoms with Gasteiger partial charge in [-0.25, -0.2) is 0 Å². The van der Waals surface area contributed by atoms with Crippen molar-refractivity contribution in [1.82, 2.24) is 25.1 Å². The van der Waals surface area contributed by atoms with E-state index in [1.54, 1.807) is 4.68 Å². The van der Waals surface area contributed by atoms with Crippen LogP contribution in [0.4, 0.5) is 0 Å². The molecule has 27 heavy (non-hydrogen) atoms. The zero-order valence-corrected chi connectivity index (χ0v) is 17.3. The monoisotopic (exact) mass is 387 g/mol. The maximum Gasteiger partial charge on any atom is 0.233 e. The minimum atomic E-state index is 0.171. The third-order valence-electron chi connectivity index (χ3n) is 5.25. The number of amides is 1. The number of hydrogen-bond donors (Lipinski definition) is 0. The highest BCUT2D eigenvalue weighted by Crippen LogP contribution is 2.25. The first kappa shape index (κ1) is 19.9. The molecule has 1 aliphatic rings. The summed E-state index contributed by atoms with van der Waals surface area (Å²) in [5, 5.41) is 12.7. The molecule has 2 unspecified atom stereocenters. The van der Waals surface area contributed by atoms with E-state index in [0.717, 1.165) is 24.9 Å². The highest BCUT2D eigenvalue weighted by Gasteiger charge is 2.29. The fourth-order valence-electron chi connectivity index (χ4n) is 3.73. The van der Waals surface area contributed by atoms with Crippen LogP contribution in [0.1, 0.15) is 58.4 Å². The molecule has 146 valence electrons. The van der Waals surface area contributed by atoms with E-state index in [2.05, 4.69) is 48.4 Å². The number of hydrogen-bond acceptors (Lipinski definition) is 5. The van der Waals surface area contributed by atoms with Crippen LogP contribution in [-0.2, 0) is 11.2 Å². The topological polar surface area (TPSA) is 63.9 Å². The van der Waals surface area contributed by atoms with E-state index in [1.165, 1.54) is 36.6 Å². The predicted octanol–water partition coefficient (Wildman–Crippen LogP) is 3.89. The lowest BCUT2D eigenvalue weighted by atomic mass is 9.98. The number of likely N-dealkylation sites (tertiary alicyclic amines) is 1. The average Bonchev–Trinajstić information content (AvgIpc) is 3.13. The van der Waals surface area contributed by atoms with E-state index in [4.69, 9.17) is 0 Å². The van der Waals surface area contributed by atoms with Crippen LogP contribution in [-0.4, -0.2) is 48.9 Å². The second-order valence-corrected chi connectivity index (χ2v) is 8.30. The zero-order valence-electron chi connectivity index (χ0n) is 16.5. The lowest BCUT2D eigenvalue weighted by Crippen LogP contribution is -2.48. The summed E-state index contributed by atoms with van der Waals surface area (Å²) in [5.41, 5.74) is 2.25. The van der Waals surface area contributed by atoms with Gasteiger partial charge < -0.3 is 4.90 Å². The smallest absolute Gasteiger partial charge is 0.233 e. The maximum absolute atomic E-state index is 12.7. The number of tetrazole rings is 1. The fraction of sp³-hybridized carbons (Fsp3) is 0.600. The summed E-state index contributed by atoms with van der Waals surface area (Å²) >= 11 is 1.41. The summed E-state index contributed by atoms with van der Waals surface area (Å²) < 4.78 is 1.71. The first-order valence-corrected chi connectivity index (χ1v) is 10.9. The van der Waals surface area contributed by atoms with Crippen molar-refractivity contribution in [2.45, 2.75) is 76.5 Å². The van der Waals surface area contributed by atoms with Crippen LogP contribution < -0.4 is 0 Å².